The zero-order valence-corrected chi connectivity index (χ0v) is 9.19. The van der Waals surface area contributed by atoms with E-state index in [4.69, 9.17) is 5.73 Å². The van der Waals surface area contributed by atoms with Gasteiger partial charge in [0.05, 0.1) is 18.5 Å². The van der Waals surface area contributed by atoms with Crippen molar-refractivity contribution in [2.24, 2.45) is 7.05 Å². The zero-order chi connectivity index (χ0) is 12.1. The van der Waals surface area contributed by atoms with Crippen LogP contribution in [0.3, 0.4) is 0 Å². The van der Waals surface area contributed by atoms with Crippen molar-refractivity contribution >= 4 is 17.6 Å². The monoisotopic (exact) mass is 226 g/mol. The highest BCUT2D eigenvalue weighted by atomic mass is 16.5. The lowest BCUT2D eigenvalue weighted by molar-refractivity contribution is -0.141. The highest BCUT2D eigenvalue weighted by Crippen LogP contribution is 2.08. The molecule has 0 unspecified atom stereocenters. The molecule has 0 aromatic carbocycles. The van der Waals surface area contributed by atoms with Crippen molar-refractivity contribution in [2.75, 3.05) is 18.9 Å². The van der Waals surface area contributed by atoms with E-state index >= 15 is 0 Å². The Bertz CT molecular complexity index is 380. The number of nitrogens with one attached hydrogen (secondary N) is 1. The van der Waals surface area contributed by atoms with Crippen molar-refractivity contribution in [3.63, 3.8) is 0 Å². The summed E-state index contributed by atoms with van der Waals surface area (Å²) in [6.45, 7) is 1.79. The van der Waals surface area contributed by atoms with Gasteiger partial charge in [-0.2, -0.15) is 5.10 Å². The van der Waals surface area contributed by atoms with Crippen LogP contribution in [0, 0.1) is 0 Å². The standard InChI is InChI=1S/C9H14N4O3/c1-3-16-7(14)5-11-9(15)8-6(10)4-12-13(8)2/h4H,3,5,10H2,1-2H3,(H,11,15). The molecule has 3 N–H and O–H groups in total. The highest BCUT2D eigenvalue weighted by Gasteiger charge is 2.15. The van der Waals surface area contributed by atoms with E-state index in [1.165, 1.54) is 10.9 Å². The van der Waals surface area contributed by atoms with E-state index in [0.717, 1.165) is 0 Å². The second-order valence-corrected chi connectivity index (χ2v) is 3.06. The van der Waals surface area contributed by atoms with Gasteiger partial charge in [-0.3, -0.25) is 14.3 Å². The topological polar surface area (TPSA) is 99.2 Å². The first kappa shape index (κ1) is 12.0. The molecule has 0 aliphatic carbocycles. The second-order valence-electron chi connectivity index (χ2n) is 3.06. The van der Waals surface area contributed by atoms with Gasteiger partial charge in [-0.15, -0.1) is 0 Å². The molecule has 88 valence electrons. The molecule has 1 aromatic rings. The van der Waals surface area contributed by atoms with Gasteiger partial charge in [-0.25, -0.2) is 0 Å². The van der Waals surface area contributed by atoms with E-state index in [1.54, 1.807) is 14.0 Å². The van der Waals surface area contributed by atoms with Gasteiger partial charge in [0.25, 0.3) is 5.91 Å². The molecule has 7 nitrogen and oxygen atoms in total. The van der Waals surface area contributed by atoms with Crippen LogP contribution >= 0.6 is 0 Å². The fraction of sp³-hybridized carbons (Fsp3) is 0.444. The van der Waals surface area contributed by atoms with Crippen LogP contribution in [0.1, 0.15) is 17.4 Å². The number of carbonyl (C=O) groups excluding carboxylic acids is 2. The summed E-state index contributed by atoms with van der Waals surface area (Å²) in [7, 11) is 1.59. The van der Waals surface area contributed by atoms with Crippen LogP contribution in [-0.2, 0) is 16.6 Å². The average Bonchev–Trinajstić information content (AvgIpc) is 2.56. The van der Waals surface area contributed by atoms with Crippen LogP contribution in [0.15, 0.2) is 6.20 Å². The van der Waals surface area contributed by atoms with E-state index in [1.807, 2.05) is 0 Å². The van der Waals surface area contributed by atoms with Crippen LogP contribution in [0.4, 0.5) is 5.69 Å². The molecule has 1 heterocycles. The van der Waals surface area contributed by atoms with Crippen LogP contribution < -0.4 is 11.1 Å². The average molecular weight is 226 g/mol. The van der Waals surface area contributed by atoms with Crippen molar-refractivity contribution in [3.8, 4) is 0 Å². The summed E-state index contributed by atoms with van der Waals surface area (Å²) in [4.78, 5) is 22.6. The lowest BCUT2D eigenvalue weighted by Gasteiger charge is -2.05. The quantitative estimate of drug-likeness (QED) is 0.661. The number of nitrogens with zero attached hydrogens (tertiary/aromatic N) is 2. The molecule has 7 heteroatoms. The minimum Gasteiger partial charge on any atom is -0.465 e. The summed E-state index contributed by atoms with van der Waals surface area (Å²) in [6, 6.07) is 0. The number of carbonyl (C=O) groups is 2. The third-order valence-electron chi connectivity index (χ3n) is 1.88. The molecule has 1 amide bonds. The van der Waals surface area contributed by atoms with Crippen molar-refractivity contribution in [2.45, 2.75) is 6.92 Å². The van der Waals surface area contributed by atoms with Crippen molar-refractivity contribution in [3.05, 3.63) is 11.9 Å². The van der Waals surface area contributed by atoms with Gasteiger partial charge in [-0.1, -0.05) is 0 Å². The Kier molecular flexibility index (Phi) is 3.87. The Hall–Kier alpha value is -2.05. The largest absolute Gasteiger partial charge is 0.465 e. The lowest BCUT2D eigenvalue weighted by atomic mass is 10.3. The second kappa shape index (κ2) is 5.15. The smallest absolute Gasteiger partial charge is 0.325 e. The van der Waals surface area contributed by atoms with Crippen LogP contribution in [0.5, 0.6) is 0 Å². The van der Waals surface area contributed by atoms with Crippen molar-refractivity contribution in [1.29, 1.82) is 0 Å². The lowest BCUT2D eigenvalue weighted by Crippen LogP contribution is -2.32. The molecule has 0 aliphatic heterocycles. The number of amides is 1. The number of nitrogens with two attached hydrogens (primary N) is 1. The molecular weight excluding hydrogens is 212 g/mol. The summed E-state index contributed by atoms with van der Waals surface area (Å²) >= 11 is 0. The first-order chi connectivity index (χ1) is 7.56. The summed E-state index contributed by atoms with van der Waals surface area (Å²) < 4.78 is 6.01. The molecule has 0 atom stereocenters. The Morgan fingerprint density at radius 3 is 2.81 bits per heavy atom. The van der Waals surface area contributed by atoms with Crippen molar-refractivity contribution < 1.29 is 14.3 Å². The fourth-order valence-corrected chi connectivity index (χ4v) is 1.18. The molecule has 0 spiro atoms. The molecule has 1 aromatic heterocycles. The molecule has 1 rings (SSSR count). The predicted octanol–water partition coefficient (Wildman–Crippen LogP) is -0.705. The van der Waals surface area contributed by atoms with E-state index in [0.29, 0.717) is 0 Å². The minimum atomic E-state index is -0.489. The van der Waals surface area contributed by atoms with Gasteiger partial charge in [-0.05, 0) is 6.92 Å². The van der Waals surface area contributed by atoms with Gasteiger partial charge in [0.15, 0.2) is 0 Å². The molecule has 0 bridgehead atoms. The Balaban J connectivity index is 2.57. The molecule has 0 saturated carbocycles. The third-order valence-corrected chi connectivity index (χ3v) is 1.88. The first-order valence-electron chi connectivity index (χ1n) is 4.77. The number of rotatable bonds is 4. The van der Waals surface area contributed by atoms with Gasteiger partial charge in [0.2, 0.25) is 0 Å². The Labute approximate surface area is 92.6 Å². The van der Waals surface area contributed by atoms with Gasteiger partial charge >= 0.3 is 5.97 Å². The van der Waals surface area contributed by atoms with Crippen molar-refractivity contribution in [1.82, 2.24) is 15.1 Å². The van der Waals surface area contributed by atoms with Gasteiger partial charge in [0.1, 0.15) is 12.2 Å². The van der Waals surface area contributed by atoms with Crippen LogP contribution in [0.2, 0.25) is 0 Å². The Morgan fingerprint density at radius 2 is 2.31 bits per heavy atom. The summed E-state index contributed by atoms with van der Waals surface area (Å²) in [5.41, 5.74) is 6.04. The number of aromatic nitrogens is 2. The van der Waals surface area contributed by atoms with E-state index < -0.39 is 11.9 Å². The maximum atomic E-state index is 11.6. The number of hydrogen-bond donors (Lipinski definition) is 2. The summed E-state index contributed by atoms with van der Waals surface area (Å²) in [5, 5.41) is 6.21. The van der Waals surface area contributed by atoms with Crippen LogP contribution in [-0.4, -0.2) is 34.8 Å². The molecule has 0 saturated heterocycles. The number of esters is 1. The number of aryl methyl sites for hydroxylation is 1. The number of nitrogen functional groups attached to an aromatic ring is 1. The van der Waals surface area contributed by atoms with Crippen LogP contribution in [0.25, 0.3) is 0 Å². The fourth-order valence-electron chi connectivity index (χ4n) is 1.18. The van der Waals surface area contributed by atoms with Gasteiger partial charge in [0, 0.05) is 7.05 Å². The van der Waals surface area contributed by atoms with E-state index in [9.17, 15) is 9.59 Å². The summed E-state index contributed by atoms with van der Waals surface area (Å²) in [5.74, 6) is -0.942. The van der Waals surface area contributed by atoms with E-state index in [2.05, 4.69) is 15.2 Å². The molecule has 0 aliphatic rings. The number of ether oxygens (including phenoxy) is 1. The maximum absolute atomic E-state index is 11.6. The maximum Gasteiger partial charge on any atom is 0.325 e. The van der Waals surface area contributed by atoms with Gasteiger partial charge < -0.3 is 15.8 Å². The van der Waals surface area contributed by atoms with E-state index in [-0.39, 0.29) is 24.5 Å². The molecular formula is C9H14N4O3. The highest BCUT2D eigenvalue weighted by molar-refractivity contribution is 5.98. The first-order valence-corrected chi connectivity index (χ1v) is 4.77. The number of anilines is 1. The zero-order valence-electron chi connectivity index (χ0n) is 9.19. The third kappa shape index (κ3) is 2.72. The molecule has 16 heavy (non-hydrogen) atoms. The SMILES string of the molecule is CCOC(=O)CNC(=O)c1c(N)cnn1C. The normalized spacial score (nSPS) is 9.88. The number of hydrogen-bond acceptors (Lipinski definition) is 5. The Morgan fingerprint density at radius 1 is 1.62 bits per heavy atom. The molecule has 0 radical (unpaired) electrons. The summed E-state index contributed by atoms with van der Waals surface area (Å²) in [6.07, 6.45) is 1.37. The molecule has 0 fully saturated rings. The predicted molar refractivity (Wildman–Crippen MR) is 56.6 cm³/mol. The minimum absolute atomic E-state index is 0.183.